The summed E-state index contributed by atoms with van der Waals surface area (Å²) in [6.45, 7) is 0.201. The number of amides is 1. The Morgan fingerprint density at radius 3 is 2.25 bits per heavy atom. The molecular formula is C20H15NO3. The summed E-state index contributed by atoms with van der Waals surface area (Å²) in [4.78, 5) is 36.8. The first kappa shape index (κ1) is 15.7. The fourth-order valence-corrected chi connectivity index (χ4v) is 2.80. The molecule has 4 nitrogen and oxygen atoms in total. The number of rotatable bonds is 4. The van der Waals surface area contributed by atoms with Gasteiger partial charge in [0.25, 0.3) is 0 Å². The van der Waals surface area contributed by atoms with Crippen molar-refractivity contribution in [1.29, 1.82) is 0 Å². The molecule has 1 aliphatic rings. The monoisotopic (exact) mass is 317 g/mol. The summed E-state index contributed by atoms with van der Waals surface area (Å²) in [7, 11) is 0. The van der Waals surface area contributed by atoms with E-state index >= 15 is 0 Å². The van der Waals surface area contributed by atoms with Crippen LogP contribution in [0.3, 0.4) is 0 Å². The number of ketones is 2. The smallest absolute Gasteiger partial charge is 0.221 e. The normalized spacial score (nSPS) is 12.1. The Labute approximate surface area is 139 Å². The lowest BCUT2D eigenvalue weighted by atomic mass is 9.83. The van der Waals surface area contributed by atoms with Crippen LogP contribution in [0.1, 0.15) is 43.8 Å². The molecular weight excluding hydrogens is 302 g/mol. The van der Waals surface area contributed by atoms with Crippen molar-refractivity contribution in [2.24, 2.45) is 0 Å². The largest absolute Gasteiger partial charge is 0.345 e. The van der Waals surface area contributed by atoms with Gasteiger partial charge in [-0.25, -0.2) is 0 Å². The highest BCUT2D eigenvalue weighted by molar-refractivity contribution is 6.28. The average Bonchev–Trinajstić information content (AvgIpc) is 2.62. The Balaban J connectivity index is 1.84. The third-order valence-electron chi connectivity index (χ3n) is 4.02. The first-order chi connectivity index (χ1) is 11.6. The van der Waals surface area contributed by atoms with Gasteiger partial charge in [-0.3, -0.25) is 14.4 Å². The van der Waals surface area contributed by atoms with Crippen LogP contribution < -0.4 is 5.32 Å². The van der Waals surface area contributed by atoms with Gasteiger partial charge in [0.15, 0.2) is 11.6 Å². The number of aryl methyl sites for hydroxylation is 1. The second-order valence-electron chi connectivity index (χ2n) is 5.56. The third-order valence-corrected chi connectivity index (χ3v) is 4.02. The summed E-state index contributed by atoms with van der Waals surface area (Å²) in [5.74, 6) is 1.91. The molecule has 4 heteroatoms. The summed E-state index contributed by atoms with van der Waals surface area (Å²) in [5, 5.41) is 2.60. The molecule has 0 heterocycles. The zero-order valence-electron chi connectivity index (χ0n) is 13.0. The average molecular weight is 317 g/mol. The first-order valence-corrected chi connectivity index (χ1v) is 7.63. The van der Waals surface area contributed by atoms with Gasteiger partial charge in [-0.05, 0) is 18.1 Å². The van der Waals surface area contributed by atoms with Gasteiger partial charge >= 0.3 is 0 Å². The Bertz CT molecular complexity index is 890. The maximum atomic E-state index is 12.6. The van der Waals surface area contributed by atoms with Gasteiger partial charge in [0.05, 0.1) is 6.54 Å². The van der Waals surface area contributed by atoms with Gasteiger partial charge < -0.3 is 5.32 Å². The minimum Gasteiger partial charge on any atom is -0.345 e. The molecule has 2 aromatic carbocycles. The number of carbonyl (C=O) groups is 3. The van der Waals surface area contributed by atoms with Crippen LogP contribution in [-0.2, 0) is 11.2 Å². The quantitative estimate of drug-likeness (QED) is 0.750. The summed E-state index contributed by atoms with van der Waals surface area (Å²) in [6, 6.07) is 12.0. The molecule has 118 valence electrons. The van der Waals surface area contributed by atoms with Crippen molar-refractivity contribution in [2.75, 3.05) is 6.54 Å². The number of terminal acetylenes is 1. The van der Waals surface area contributed by atoms with E-state index in [2.05, 4.69) is 11.2 Å². The maximum Gasteiger partial charge on any atom is 0.221 e. The van der Waals surface area contributed by atoms with Crippen molar-refractivity contribution in [3.63, 3.8) is 0 Å². The Hall–Kier alpha value is -3.19. The molecule has 0 saturated heterocycles. The molecule has 1 aliphatic carbocycles. The van der Waals surface area contributed by atoms with Gasteiger partial charge in [0, 0.05) is 28.7 Å². The molecule has 0 fully saturated rings. The van der Waals surface area contributed by atoms with E-state index in [0.717, 1.165) is 5.56 Å². The zero-order valence-corrected chi connectivity index (χ0v) is 13.0. The predicted octanol–water partition coefficient (Wildman–Crippen LogP) is 2.14. The van der Waals surface area contributed by atoms with Crippen molar-refractivity contribution >= 4 is 17.5 Å². The lowest BCUT2D eigenvalue weighted by Crippen LogP contribution is -2.24. The Kier molecular flexibility index (Phi) is 4.26. The van der Waals surface area contributed by atoms with E-state index in [9.17, 15) is 14.4 Å². The topological polar surface area (TPSA) is 63.2 Å². The van der Waals surface area contributed by atoms with E-state index in [1.54, 1.807) is 42.5 Å². The highest BCUT2D eigenvalue weighted by Gasteiger charge is 2.29. The molecule has 0 aliphatic heterocycles. The van der Waals surface area contributed by atoms with Crippen molar-refractivity contribution in [3.05, 3.63) is 70.3 Å². The van der Waals surface area contributed by atoms with Crippen LogP contribution in [0.2, 0.25) is 0 Å². The van der Waals surface area contributed by atoms with E-state index in [4.69, 9.17) is 6.42 Å². The van der Waals surface area contributed by atoms with Crippen LogP contribution in [0.4, 0.5) is 0 Å². The molecule has 0 bridgehead atoms. The summed E-state index contributed by atoms with van der Waals surface area (Å²) in [6.07, 6.45) is 5.85. The Morgan fingerprint density at radius 1 is 0.958 bits per heavy atom. The maximum absolute atomic E-state index is 12.6. The van der Waals surface area contributed by atoms with Crippen LogP contribution >= 0.6 is 0 Å². The van der Waals surface area contributed by atoms with Crippen LogP contribution in [0.5, 0.6) is 0 Å². The molecule has 0 aromatic heterocycles. The highest BCUT2D eigenvalue weighted by Crippen LogP contribution is 2.28. The predicted molar refractivity (Wildman–Crippen MR) is 89.9 cm³/mol. The summed E-state index contributed by atoms with van der Waals surface area (Å²) >= 11 is 0. The Morgan fingerprint density at radius 2 is 1.58 bits per heavy atom. The SMILES string of the molecule is C#CCNC(=O)CCc1ccc2c(c1)C(=O)c1ccccc1C2=O. The van der Waals surface area contributed by atoms with E-state index < -0.39 is 0 Å². The molecule has 0 radical (unpaired) electrons. The van der Waals surface area contributed by atoms with Crippen molar-refractivity contribution < 1.29 is 14.4 Å². The molecule has 0 atom stereocenters. The van der Waals surface area contributed by atoms with Crippen LogP contribution in [0.15, 0.2) is 42.5 Å². The van der Waals surface area contributed by atoms with Crippen LogP contribution in [0.25, 0.3) is 0 Å². The molecule has 0 spiro atoms. The lowest BCUT2D eigenvalue weighted by Gasteiger charge is -2.18. The van der Waals surface area contributed by atoms with Gasteiger partial charge in [-0.15, -0.1) is 6.42 Å². The van der Waals surface area contributed by atoms with E-state index in [1.165, 1.54) is 0 Å². The molecule has 0 unspecified atom stereocenters. The summed E-state index contributed by atoms with van der Waals surface area (Å²) in [5.41, 5.74) is 2.53. The van der Waals surface area contributed by atoms with E-state index in [-0.39, 0.29) is 30.4 Å². The van der Waals surface area contributed by atoms with Crippen molar-refractivity contribution in [3.8, 4) is 12.3 Å². The van der Waals surface area contributed by atoms with E-state index in [1.807, 2.05) is 0 Å². The van der Waals surface area contributed by atoms with E-state index in [0.29, 0.717) is 28.7 Å². The summed E-state index contributed by atoms with van der Waals surface area (Å²) < 4.78 is 0. The molecule has 24 heavy (non-hydrogen) atoms. The molecule has 2 aromatic rings. The highest BCUT2D eigenvalue weighted by atomic mass is 16.2. The number of nitrogens with one attached hydrogen (secondary N) is 1. The molecule has 1 amide bonds. The van der Waals surface area contributed by atoms with Gasteiger partial charge in [-0.2, -0.15) is 0 Å². The first-order valence-electron chi connectivity index (χ1n) is 7.63. The molecule has 1 N–H and O–H groups in total. The number of hydrogen-bond donors (Lipinski definition) is 1. The molecule has 3 rings (SSSR count). The minimum absolute atomic E-state index is 0.140. The number of hydrogen-bond acceptors (Lipinski definition) is 3. The second-order valence-corrected chi connectivity index (χ2v) is 5.56. The van der Waals surface area contributed by atoms with Crippen LogP contribution in [-0.4, -0.2) is 24.0 Å². The fraction of sp³-hybridized carbons (Fsp3) is 0.150. The molecule has 0 saturated carbocycles. The number of carbonyl (C=O) groups excluding carboxylic acids is 3. The van der Waals surface area contributed by atoms with Crippen molar-refractivity contribution in [2.45, 2.75) is 12.8 Å². The van der Waals surface area contributed by atoms with Gasteiger partial charge in [0.1, 0.15) is 0 Å². The van der Waals surface area contributed by atoms with Crippen LogP contribution in [0, 0.1) is 12.3 Å². The lowest BCUT2D eigenvalue weighted by molar-refractivity contribution is -0.120. The fourth-order valence-electron chi connectivity index (χ4n) is 2.80. The third kappa shape index (κ3) is 2.84. The van der Waals surface area contributed by atoms with Crippen molar-refractivity contribution in [1.82, 2.24) is 5.32 Å². The minimum atomic E-state index is -0.154. The zero-order chi connectivity index (χ0) is 17.1. The number of fused-ring (bicyclic) bond motifs is 2. The number of benzene rings is 2. The van der Waals surface area contributed by atoms with Gasteiger partial charge in [-0.1, -0.05) is 42.3 Å². The standard InChI is InChI=1S/C20H15NO3/c1-2-11-21-18(22)10-8-13-7-9-16-17(12-13)20(24)15-6-4-3-5-14(15)19(16)23/h1,3-7,9,12H,8,10-11H2,(H,21,22). The second kappa shape index (κ2) is 6.51. The van der Waals surface area contributed by atoms with Gasteiger partial charge in [0.2, 0.25) is 5.91 Å².